The van der Waals surface area contributed by atoms with E-state index in [1.165, 1.54) is 0 Å². The summed E-state index contributed by atoms with van der Waals surface area (Å²) in [7, 11) is 2.08. The summed E-state index contributed by atoms with van der Waals surface area (Å²) in [6.07, 6.45) is 6.52. The molecule has 2 aliphatic heterocycles. The minimum Gasteiger partial charge on any atom is -0.381 e. The predicted molar refractivity (Wildman–Crippen MR) is 82.0 cm³/mol. The van der Waals surface area contributed by atoms with E-state index in [0.29, 0.717) is 12.6 Å². The summed E-state index contributed by atoms with van der Waals surface area (Å²) < 4.78 is 5.44. The molecule has 120 valence electrons. The van der Waals surface area contributed by atoms with E-state index < -0.39 is 0 Å². The van der Waals surface area contributed by atoms with Gasteiger partial charge in [0.15, 0.2) is 0 Å². The fourth-order valence-electron chi connectivity index (χ4n) is 3.26. The van der Waals surface area contributed by atoms with Gasteiger partial charge in [0.05, 0.1) is 19.1 Å². The Hall–Kier alpha value is -1.53. The minimum atomic E-state index is 0.0651. The normalized spacial score (nSPS) is 25.6. The highest BCUT2D eigenvalue weighted by atomic mass is 16.5. The molecule has 0 aromatic carbocycles. The molecular weight excluding hydrogens is 280 g/mol. The van der Waals surface area contributed by atoms with Crippen LogP contribution in [0, 0.1) is 5.92 Å². The van der Waals surface area contributed by atoms with Crippen LogP contribution in [-0.4, -0.2) is 65.1 Å². The van der Waals surface area contributed by atoms with Gasteiger partial charge < -0.3 is 9.64 Å². The zero-order valence-electron chi connectivity index (χ0n) is 13.1. The number of likely N-dealkylation sites (N-methyl/N-ethyl adjacent to an activating group) is 1. The Labute approximate surface area is 131 Å². The Morgan fingerprint density at radius 1 is 1.41 bits per heavy atom. The number of likely N-dealkylation sites (tertiary alicyclic amines) is 1. The van der Waals surface area contributed by atoms with Crippen molar-refractivity contribution in [3.05, 3.63) is 24.3 Å². The van der Waals surface area contributed by atoms with Crippen LogP contribution in [0.2, 0.25) is 0 Å². The molecule has 2 atom stereocenters. The molecule has 0 saturated carbocycles. The average molecular weight is 304 g/mol. The third kappa shape index (κ3) is 3.62. The predicted octanol–water partition coefficient (Wildman–Crippen LogP) is 0.936. The fraction of sp³-hybridized carbons (Fsp3) is 0.688. The first-order valence-electron chi connectivity index (χ1n) is 8.06. The maximum absolute atomic E-state index is 12.5. The molecule has 1 aromatic heterocycles. The second kappa shape index (κ2) is 7.15. The van der Waals surface area contributed by atoms with Crippen molar-refractivity contribution >= 4 is 5.91 Å². The number of carbonyl (C=O) groups is 1. The molecule has 2 fully saturated rings. The number of amides is 1. The molecule has 1 amide bonds. The van der Waals surface area contributed by atoms with Gasteiger partial charge in [-0.05, 0) is 32.4 Å². The van der Waals surface area contributed by atoms with Gasteiger partial charge in [0.1, 0.15) is 5.82 Å². The number of carbonyl (C=O) groups excluding carboxylic acids is 1. The van der Waals surface area contributed by atoms with Crippen LogP contribution in [0.5, 0.6) is 0 Å². The summed E-state index contributed by atoms with van der Waals surface area (Å²) in [4.78, 5) is 25.3. The van der Waals surface area contributed by atoms with Crippen LogP contribution in [0.4, 0.5) is 0 Å². The average Bonchev–Trinajstić information content (AvgIpc) is 3.06. The fourth-order valence-corrected chi connectivity index (χ4v) is 3.26. The van der Waals surface area contributed by atoms with Gasteiger partial charge >= 0.3 is 0 Å². The van der Waals surface area contributed by atoms with E-state index in [1.54, 1.807) is 12.4 Å². The van der Waals surface area contributed by atoms with E-state index in [0.717, 1.165) is 51.3 Å². The largest absolute Gasteiger partial charge is 0.381 e. The van der Waals surface area contributed by atoms with Crippen LogP contribution in [0.15, 0.2) is 18.5 Å². The molecule has 0 bridgehead atoms. The van der Waals surface area contributed by atoms with Crippen molar-refractivity contribution in [2.75, 3.05) is 33.4 Å². The monoisotopic (exact) mass is 304 g/mol. The number of nitrogens with zero attached hydrogens (tertiary/aromatic N) is 4. The molecule has 22 heavy (non-hydrogen) atoms. The topological polar surface area (TPSA) is 58.6 Å². The standard InChI is InChI=1S/C16H24N4O2/c1-19(11-15-17-6-3-7-18-15)14-5-8-20(10-14)16(21)13-4-2-9-22-12-13/h3,6-7,13-14H,2,4-5,8-12H2,1H3/t13-,14-/m0/s1. The molecule has 0 unspecified atom stereocenters. The van der Waals surface area contributed by atoms with Gasteiger partial charge in [0.2, 0.25) is 5.91 Å². The number of ether oxygens (including phenoxy) is 1. The summed E-state index contributed by atoms with van der Waals surface area (Å²) in [6.45, 7) is 3.76. The van der Waals surface area contributed by atoms with Crippen molar-refractivity contribution in [1.82, 2.24) is 19.8 Å². The number of rotatable bonds is 4. The van der Waals surface area contributed by atoms with E-state index in [9.17, 15) is 4.79 Å². The summed E-state index contributed by atoms with van der Waals surface area (Å²) >= 11 is 0. The van der Waals surface area contributed by atoms with Crippen molar-refractivity contribution in [3.63, 3.8) is 0 Å². The van der Waals surface area contributed by atoms with Crippen LogP contribution in [0.3, 0.4) is 0 Å². The van der Waals surface area contributed by atoms with Crippen LogP contribution < -0.4 is 0 Å². The Morgan fingerprint density at radius 2 is 2.23 bits per heavy atom. The van der Waals surface area contributed by atoms with E-state index in [2.05, 4.69) is 21.9 Å². The quantitative estimate of drug-likeness (QED) is 0.828. The van der Waals surface area contributed by atoms with Gasteiger partial charge in [-0.1, -0.05) is 0 Å². The molecule has 1 aromatic rings. The van der Waals surface area contributed by atoms with Crippen LogP contribution in [-0.2, 0) is 16.1 Å². The lowest BCUT2D eigenvalue weighted by Crippen LogP contribution is -2.40. The lowest BCUT2D eigenvalue weighted by atomic mass is 10.0. The highest BCUT2D eigenvalue weighted by Crippen LogP contribution is 2.22. The zero-order chi connectivity index (χ0) is 15.4. The highest BCUT2D eigenvalue weighted by Gasteiger charge is 2.33. The van der Waals surface area contributed by atoms with Crippen molar-refractivity contribution < 1.29 is 9.53 Å². The maximum Gasteiger partial charge on any atom is 0.228 e. The Bertz CT molecular complexity index is 490. The third-order valence-electron chi connectivity index (χ3n) is 4.62. The molecule has 2 saturated heterocycles. The number of aromatic nitrogens is 2. The number of hydrogen-bond acceptors (Lipinski definition) is 5. The maximum atomic E-state index is 12.5. The van der Waals surface area contributed by atoms with Gasteiger partial charge in [0.25, 0.3) is 0 Å². The third-order valence-corrected chi connectivity index (χ3v) is 4.62. The van der Waals surface area contributed by atoms with Crippen molar-refractivity contribution in [1.29, 1.82) is 0 Å². The van der Waals surface area contributed by atoms with Crippen LogP contribution >= 0.6 is 0 Å². The van der Waals surface area contributed by atoms with Gasteiger partial charge in [-0.25, -0.2) is 9.97 Å². The molecule has 6 heteroatoms. The first kappa shape index (κ1) is 15.4. The molecule has 3 heterocycles. The zero-order valence-corrected chi connectivity index (χ0v) is 13.1. The molecule has 0 N–H and O–H groups in total. The van der Waals surface area contributed by atoms with Crippen molar-refractivity contribution in [2.45, 2.75) is 31.8 Å². The second-order valence-corrected chi connectivity index (χ2v) is 6.22. The SMILES string of the molecule is CN(Cc1ncccn1)[C@H]1CCN(C(=O)[C@H]2CCCOC2)C1. The van der Waals surface area contributed by atoms with E-state index in [1.807, 2.05) is 11.0 Å². The van der Waals surface area contributed by atoms with Gasteiger partial charge in [-0.15, -0.1) is 0 Å². The van der Waals surface area contributed by atoms with Gasteiger partial charge in [-0.2, -0.15) is 0 Å². The van der Waals surface area contributed by atoms with Crippen LogP contribution in [0.1, 0.15) is 25.1 Å². The lowest BCUT2D eigenvalue weighted by molar-refractivity contribution is -0.138. The first-order chi connectivity index (χ1) is 10.7. The highest BCUT2D eigenvalue weighted by molar-refractivity contribution is 5.79. The summed E-state index contributed by atoms with van der Waals surface area (Å²) in [5.74, 6) is 1.16. The molecule has 0 radical (unpaired) electrons. The summed E-state index contributed by atoms with van der Waals surface area (Å²) in [6, 6.07) is 2.21. The van der Waals surface area contributed by atoms with E-state index in [-0.39, 0.29) is 11.8 Å². The first-order valence-corrected chi connectivity index (χ1v) is 8.06. The molecule has 6 nitrogen and oxygen atoms in total. The van der Waals surface area contributed by atoms with E-state index in [4.69, 9.17) is 4.74 Å². The molecular formula is C16H24N4O2. The molecule has 0 spiro atoms. The van der Waals surface area contributed by atoms with Crippen molar-refractivity contribution in [3.8, 4) is 0 Å². The van der Waals surface area contributed by atoms with Crippen LogP contribution in [0.25, 0.3) is 0 Å². The molecule has 3 rings (SSSR count). The van der Waals surface area contributed by atoms with Crippen molar-refractivity contribution in [2.24, 2.45) is 5.92 Å². The Morgan fingerprint density at radius 3 is 2.95 bits per heavy atom. The summed E-state index contributed by atoms with van der Waals surface area (Å²) in [5, 5.41) is 0. The lowest BCUT2D eigenvalue weighted by Gasteiger charge is -2.27. The van der Waals surface area contributed by atoms with E-state index >= 15 is 0 Å². The Balaban J connectivity index is 1.52. The van der Waals surface area contributed by atoms with Gasteiger partial charge in [-0.3, -0.25) is 9.69 Å². The second-order valence-electron chi connectivity index (χ2n) is 6.22. The molecule has 2 aliphatic rings. The number of hydrogen-bond donors (Lipinski definition) is 0. The Kier molecular flexibility index (Phi) is 5.00. The summed E-state index contributed by atoms with van der Waals surface area (Å²) in [5.41, 5.74) is 0. The van der Waals surface area contributed by atoms with Gasteiger partial charge in [0, 0.05) is 38.1 Å². The minimum absolute atomic E-state index is 0.0651. The molecule has 0 aliphatic carbocycles. The smallest absolute Gasteiger partial charge is 0.228 e.